The van der Waals surface area contributed by atoms with Gasteiger partial charge in [-0.1, -0.05) is 39.7 Å². The van der Waals surface area contributed by atoms with Crippen LogP contribution in [0.4, 0.5) is 0 Å². The molecule has 3 aromatic carbocycles. The molecule has 0 aromatic heterocycles. The molecule has 0 spiro atoms. The minimum atomic E-state index is -0.562. The summed E-state index contributed by atoms with van der Waals surface area (Å²) in [6, 6.07) is 19.2. The van der Waals surface area contributed by atoms with Crippen molar-refractivity contribution in [1.29, 1.82) is 0 Å². The van der Waals surface area contributed by atoms with E-state index < -0.39 is 17.9 Å². The van der Waals surface area contributed by atoms with Crippen LogP contribution < -0.4 is 18.9 Å². The van der Waals surface area contributed by atoms with Crippen LogP contribution in [0.3, 0.4) is 0 Å². The lowest BCUT2D eigenvalue weighted by Crippen LogP contribution is -2.24. The minimum absolute atomic E-state index is 0.0212. The Morgan fingerprint density at radius 1 is 0.625 bits per heavy atom. The summed E-state index contributed by atoms with van der Waals surface area (Å²) < 4.78 is 32.9. The third-order valence-electron chi connectivity index (χ3n) is 7.62. The van der Waals surface area contributed by atoms with Crippen molar-refractivity contribution in [2.45, 2.75) is 46.0 Å². The van der Waals surface area contributed by atoms with Gasteiger partial charge in [0.1, 0.15) is 23.0 Å². The Hall–Kier alpha value is -5.12. The van der Waals surface area contributed by atoms with Crippen LogP contribution in [0.5, 0.6) is 23.0 Å². The first-order chi connectivity index (χ1) is 23.2. The summed E-state index contributed by atoms with van der Waals surface area (Å²) in [6.07, 6.45) is 6.29. The number of esters is 4. The standard InChI is InChI=1S/C38H42O10/c1-4-35(39)45-24-26(2)22-43-31-14-10-29(11-15-31)37(41)47-33-18-20-34(21-19-33)48-38(42)30-12-16-32(17-13-30)44-23-27(3)25-46-36(40)28-8-6-5-7-9-28/h4,10-21,26-28H,1,5-9,22-25H2,2-3H3/t26-,27-/m0/s1. The number of hydrogen-bond acceptors (Lipinski definition) is 10. The Morgan fingerprint density at radius 3 is 1.48 bits per heavy atom. The highest BCUT2D eigenvalue weighted by Gasteiger charge is 2.23. The van der Waals surface area contributed by atoms with E-state index in [4.69, 9.17) is 28.4 Å². The normalized spacial score (nSPS) is 14.1. The maximum Gasteiger partial charge on any atom is 0.343 e. The van der Waals surface area contributed by atoms with Crippen LogP contribution in [0.1, 0.15) is 66.7 Å². The third kappa shape index (κ3) is 11.6. The van der Waals surface area contributed by atoms with E-state index in [0.717, 1.165) is 31.8 Å². The average Bonchev–Trinajstić information content (AvgIpc) is 3.12. The minimum Gasteiger partial charge on any atom is -0.493 e. The van der Waals surface area contributed by atoms with Gasteiger partial charge in [0.2, 0.25) is 0 Å². The zero-order chi connectivity index (χ0) is 34.3. The first-order valence-corrected chi connectivity index (χ1v) is 16.2. The molecule has 1 aliphatic rings. The van der Waals surface area contributed by atoms with Crippen molar-refractivity contribution in [3.8, 4) is 23.0 Å². The monoisotopic (exact) mass is 658 g/mol. The van der Waals surface area contributed by atoms with Gasteiger partial charge in [-0.2, -0.15) is 0 Å². The van der Waals surface area contributed by atoms with E-state index in [-0.39, 0.29) is 41.8 Å². The molecule has 1 fully saturated rings. The first kappa shape index (κ1) is 35.7. The molecule has 0 saturated heterocycles. The molecule has 48 heavy (non-hydrogen) atoms. The molecule has 1 aliphatic carbocycles. The fourth-order valence-corrected chi connectivity index (χ4v) is 4.82. The zero-order valence-electron chi connectivity index (χ0n) is 27.4. The Balaban J connectivity index is 1.16. The highest BCUT2D eigenvalue weighted by atomic mass is 16.5. The number of hydrogen-bond donors (Lipinski definition) is 0. The molecule has 4 rings (SSSR count). The Morgan fingerprint density at radius 2 is 1.04 bits per heavy atom. The predicted octanol–water partition coefficient (Wildman–Crippen LogP) is 7.01. The molecular formula is C38H42O10. The molecular weight excluding hydrogens is 616 g/mol. The van der Waals surface area contributed by atoms with Crippen LogP contribution in [0.15, 0.2) is 85.5 Å². The van der Waals surface area contributed by atoms with Crippen LogP contribution in [0.2, 0.25) is 0 Å². The van der Waals surface area contributed by atoms with Gasteiger partial charge in [-0.15, -0.1) is 0 Å². The van der Waals surface area contributed by atoms with Crippen molar-refractivity contribution in [3.63, 3.8) is 0 Å². The van der Waals surface area contributed by atoms with Gasteiger partial charge in [-0.3, -0.25) is 4.79 Å². The van der Waals surface area contributed by atoms with Gasteiger partial charge < -0.3 is 28.4 Å². The van der Waals surface area contributed by atoms with Gasteiger partial charge in [0.15, 0.2) is 0 Å². The van der Waals surface area contributed by atoms with E-state index in [1.807, 2.05) is 13.8 Å². The summed E-state index contributed by atoms with van der Waals surface area (Å²) in [6.45, 7) is 8.40. The molecule has 0 bridgehead atoms. The molecule has 0 radical (unpaired) electrons. The van der Waals surface area contributed by atoms with Crippen LogP contribution in [-0.4, -0.2) is 50.3 Å². The zero-order valence-corrected chi connectivity index (χ0v) is 27.4. The van der Waals surface area contributed by atoms with Crippen LogP contribution in [0, 0.1) is 17.8 Å². The van der Waals surface area contributed by atoms with E-state index in [0.29, 0.717) is 42.4 Å². The highest BCUT2D eigenvalue weighted by Crippen LogP contribution is 2.25. The highest BCUT2D eigenvalue weighted by molar-refractivity contribution is 5.92. The molecule has 254 valence electrons. The van der Waals surface area contributed by atoms with E-state index in [1.165, 1.54) is 30.7 Å². The van der Waals surface area contributed by atoms with E-state index >= 15 is 0 Å². The summed E-state index contributed by atoms with van der Waals surface area (Å²) in [7, 11) is 0. The maximum atomic E-state index is 12.7. The van der Waals surface area contributed by atoms with Crippen LogP contribution in [0.25, 0.3) is 0 Å². The first-order valence-electron chi connectivity index (χ1n) is 16.2. The largest absolute Gasteiger partial charge is 0.493 e. The SMILES string of the molecule is C=CC(=O)OC[C@@H](C)COc1ccc(C(=O)Oc2ccc(OC(=O)c3ccc(OC[C@H](C)COC(=O)C4CCCCC4)cc3)cc2)cc1. The van der Waals surface area contributed by atoms with Gasteiger partial charge in [0, 0.05) is 17.9 Å². The topological polar surface area (TPSA) is 124 Å². The second kappa shape index (κ2) is 18.3. The van der Waals surface area contributed by atoms with Crippen molar-refractivity contribution in [3.05, 3.63) is 96.6 Å². The number of ether oxygens (including phenoxy) is 6. The van der Waals surface area contributed by atoms with Crippen molar-refractivity contribution in [2.24, 2.45) is 17.8 Å². The molecule has 10 heteroatoms. The maximum absolute atomic E-state index is 12.7. The molecule has 0 unspecified atom stereocenters. The lowest BCUT2D eigenvalue weighted by molar-refractivity contribution is -0.151. The van der Waals surface area contributed by atoms with Gasteiger partial charge in [-0.25, -0.2) is 14.4 Å². The van der Waals surface area contributed by atoms with Gasteiger partial charge in [-0.05, 0) is 85.6 Å². The quantitative estimate of drug-likeness (QED) is 0.0902. The lowest BCUT2D eigenvalue weighted by Gasteiger charge is -2.21. The molecule has 3 aromatic rings. The summed E-state index contributed by atoms with van der Waals surface area (Å²) in [5.74, 6) is 0.0154. The lowest BCUT2D eigenvalue weighted by atomic mass is 9.89. The van der Waals surface area contributed by atoms with Crippen molar-refractivity contribution < 1.29 is 47.6 Å². The summed E-state index contributed by atoms with van der Waals surface area (Å²) in [4.78, 5) is 48.7. The third-order valence-corrected chi connectivity index (χ3v) is 7.62. The summed E-state index contributed by atoms with van der Waals surface area (Å²) in [5, 5.41) is 0. The molecule has 1 saturated carbocycles. The number of benzene rings is 3. The smallest absolute Gasteiger partial charge is 0.343 e. The molecule has 0 N–H and O–H groups in total. The average molecular weight is 659 g/mol. The fraction of sp³-hybridized carbons (Fsp3) is 0.368. The number of carbonyl (C=O) groups excluding carboxylic acids is 4. The van der Waals surface area contributed by atoms with E-state index in [1.54, 1.807) is 48.5 Å². The summed E-state index contributed by atoms with van der Waals surface area (Å²) >= 11 is 0. The van der Waals surface area contributed by atoms with E-state index in [9.17, 15) is 19.2 Å². The number of carbonyl (C=O) groups is 4. The van der Waals surface area contributed by atoms with Crippen LogP contribution in [-0.2, 0) is 19.1 Å². The van der Waals surface area contributed by atoms with Crippen LogP contribution >= 0.6 is 0 Å². The summed E-state index contributed by atoms with van der Waals surface area (Å²) in [5.41, 5.74) is 0.663. The van der Waals surface area contributed by atoms with Gasteiger partial charge in [0.25, 0.3) is 0 Å². The Kier molecular flexibility index (Phi) is 13.6. The molecule has 2 atom stereocenters. The van der Waals surface area contributed by atoms with Crippen molar-refractivity contribution >= 4 is 23.9 Å². The molecule has 10 nitrogen and oxygen atoms in total. The fourth-order valence-electron chi connectivity index (χ4n) is 4.82. The van der Waals surface area contributed by atoms with Gasteiger partial charge in [0.05, 0.1) is 43.5 Å². The second-order valence-electron chi connectivity index (χ2n) is 11.9. The van der Waals surface area contributed by atoms with E-state index in [2.05, 4.69) is 6.58 Å². The number of rotatable bonds is 16. The van der Waals surface area contributed by atoms with Crippen molar-refractivity contribution in [2.75, 3.05) is 26.4 Å². The van der Waals surface area contributed by atoms with Gasteiger partial charge >= 0.3 is 23.9 Å². The predicted molar refractivity (Wildman–Crippen MR) is 177 cm³/mol. The molecule has 0 amide bonds. The Bertz CT molecular complexity index is 1510. The second-order valence-corrected chi connectivity index (χ2v) is 11.9. The Labute approximate surface area is 280 Å². The molecule has 0 aliphatic heterocycles. The van der Waals surface area contributed by atoms with Crippen molar-refractivity contribution in [1.82, 2.24) is 0 Å². The molecule has 0 heterocycles.